The first-order valence-corrected chi connectivity index (χ1v) is 14.6. The van der Waals surface area contributed by atoms with Gasteiger partial charge < -0.3 is 29.2 Å². The van der Waals surface area contributed by atoms with Crippen LogP contribution in [0.25, 0.3) is 10.2 Å². The molecule has 2 aliphatic rings. The molecule has 7 rings (SSSR count). The lowest BCUT2D eigenvalue weighted by molar-refractivity contribution is -0.151. The maximum absolute atomic E-state index is 14.6. The highest BCUT2D eigenvalue weighted by atomic mass is 32.1. The highest BCUT2D eigenvalue weighted by Crippen LogP contribution is 2.70. The van der Waals surface area contributed by atoms with Crippen LogP contribution in [0.15, 0.2) is 91.0 Å². The van der Waals surface area contributed by atoms with E-state index in [0.29, 0.717) is 33.9 Å². The van der Waals surface area contributed by atoms with Gasteiger partial charge in [0.25, 0.3) is 0 Å². The molecule has 0 radical (unpaired) electrons. The van der Waals surface area contributed by atoms with Gasteiger partial charge in [0.1, 0.15) is 29.1 Å². The van der Waals surface area contributed by atoms with Gasteiger partial charge in [-0.05, 0) is 35.4 Å². The number of aromatic nitrogens is 1. The summed E-state index contributed by atoms with van der Waals surface area (Å²) < 4.78 is 24.4. The number of para-hydroxylation sites is 1. The summed E-state index contributed by atoms with van der Waals surface area (Å²) >= 11 is 1.26. The van der Waals surface area contributed by atoms with Gasteiger partial charge in [0.2, 0.25) is 0 Å². The van der Waals surface area contributed by atoms with Crippen molar-refractivity contribution in [1.29, 1.82) is 0 Å². The smallest absolute Gasteiger partial charge is 0.197 e. The van der Waals surface area contributed by atoms with Crippen LogP contribution in [0.4, 0.5) is 0 Å². The summed E-state index contributed by atoms with van der Waals surface area (Å²) in [5.74, 6) is -0.727. The highest BCUT2D eigenvalue weighted by Gasteiger charge is 2.78. The predicted octanol–water partition coefficient (Wildman–Crippen LogP) is 5.46. The van der Waals surface area contributed by atoms with Crippen molar-refractivity contribution in [3.8, 4) is 23.0 Å². The zero-order valence-electron chi connectivity index (χ0n) is 23.7. The minimum absolute atomic E-state index is 0.250. The number of benzene rings is 4. The van der Waals surface area contributed by atoms with Gasteiger partial charge in [-0.25, -0.2) is 4.98 Å². The number of carbonyl (C=O) groups excluding carboxylic acids is 1. The van der Waals surface area contributed by atoms with Gasteiger partial charge in [0, 0.05) is 18.1 Å². The van der Waals surface area contributed by atoms with Crippen LogP contribution in [0.5, 0.6) is 23.0 Å². The fraction of sp³-hybridized carbons (Fsp3) is 0.235. The Labute approximate surface area is 252 Å². The number of aliphatic hydroxyl groups excluding tert-OH is 1. The number of carbonyl (C=O) groups is 1. The summed E-state index contributed by atoms with van der Waals surface area (Å²) in [6.45, 7) is 0. The summed E-state index contributed by atoms with van der Waals surface area (Å²) in [6, 6.07) is 27.3. The molecule has 1 fully saturated rings. The molecule has 2 N–H and O–H groups in total. The van der Waals surface area contributed by atoms with Gasteiger partial charge in [0.05, 0.1) is 43.0 Å². The fourth-order valence-electron chi connectivity index (χ4n) is 6.92. The molecule has 1 aliphatic heterocycles. The number of hydrogen-bond donors (Lipinski definition) is 2. The van der Waals surface area contributed by atoms with Crippen molar-refractivity contribution in [2.45, 2.75) is 23.2 Å². The molecule has 218 valence electrons. The number of ether oxygens (including phenoxy) is 4. The Balaban J connectivity index is 1.53. The van der Waals surface area contributed by atoms with E-state index in [4.69, 9.17) is 18.9 Å². The zero-order chi connectivity index (χ0) is 29.9. The Kier molecular flexibility index (Phi) is 6.42. The minimum atomic E-state index is -2.12. The van der Waals surface area contributed by atoms with Crippen LogP contribution in [0, 0.1) is 5.92 Å². The molecule has 0 unspecified atom stereocenters. The average molecular weight is 596 g/mol. The molecule has 4 aromatic carbocycles. The lowest BCUT2D eigenvalue weighted by Crippen LogP contribution is -2.52. The van der Waals surface area contributed by atoms with E-state index in [-0.39, 0.29) is 22.1 Å². The Bertz CT molecular complexity index is 1810. The van der Waals surface area contributed by atoms with E-state index >= 15 is 0 Å². The molecule has 8 nitrogen and oxygen atoms in total. The van der Waals surface area contributed by atoms with Gasteiger partial charge in [-0.15, -0.1) is 11.3 Å². The molecule has 9 heteroatoms. The normalized spacial score (nSPS) is 25.6. The van der Waals surface area contributed by atoms with Crippen molar-refractivity contribution >= 4 is 27.3 Å². The topological polar surface area (TPSA) is 107 Å². The summed E-state index contributed by atoms with van der Waals surface area (Å²) in [6.07, 6.45) is -1.61. The summed E-state index contributed by atoms with van der Waals surface area (Å²) in [4.78, 5) is 19.2. The van der Waals surface area contributed by atoms with E-state index in [1.54, 1.807) is 43.5 Å². The number of Topliss-reactive ketones (excluding diaryl/α,β-unsaturated/α-hetero) is 1. The molecule has 1 saturated carbocycles. The predicted molar refractivity (Wildman–Crippen MR) is 161 cm³/mol. The van der Waals surface area contributed by atoms with Gasteiger partial charge in [-0.1, -0.05) is 54.6 Å². The van der Waals surface area contributed by atoms with E-state index in [0.717, 1.165) is 4.70 Å². The van der Waals surface area contributed by atoms with Crippen LogP contribution in [0.1, 0.15) is 32.4 Å². The average Bonchev–Trinajstić information content (AvgIpc) is 3.66. The van der Waals surface area contributed by atoms with Crippen LogP contribution >= 0.6 is 11.3 Å². The number of aliphatic hydroxyl groups is 2. The van der Waals surface area contributed by atoms with Crippen molar-refractivity contribution in [3.63, 3.8) is 0 Å². The fourth-order valence-corrected chi connectivity index (χ4v) is 7.87. The van der Waals surface area contributed by atoms with Crippen LogP contribution in [0.3, 0.4) is 0 Å². The molecule has 0 saturated heterocycles. The molecule has 5 atom stereocenters. The van der Waals surface area contributed by atoms with Crippen molar-refractivity contribution in [2.24, 2.45) is 5.92 Å². The maximum Gasteiger partial charge on any atom is 0.197 e. The first-order valence-electron chi connectivity index (χ1n) is 13.8. The van der Waals surface area contributed by atoms with Crippen molar-refractivity contribution in [1.82, 2.24) is 4.98 Å². The largest absolute Gasteiger partial charge is 0.497 e. The standard InChI is InChI=1S/C34H29NO7S/c1-39-21-15-13-20(14-16-21)34-28(19-9-5-4-6-10-19)27(30(36)32-35-23-11-7-8-12-26(23)43-32)31(37)33(34,38)29-24(41-3)17-22(40-2)18-25(29)42-34/h4-18,27-28,31,37-38H,1-3H3/t27-,28+,31+,33-,34-/m0/s1. The monoisotopic (exact) mass is 595 g/mol. The molecule has 0 spiro atoms. The van der Waals surface area contributed by atoms with Gasteiger partial charge in [-0.2, -0.15) is 0 Å². The van der Waals surface area contributed by atoms with Gasteiger partial charge in [-0.3, -0.25) is 4.79 Å². The molecule has 43 heavy (non-hydrogen) atoms. The minimum Gasteiger partial charge on any atom is -0.497 e. The summed E-state index contributed by atoms with van der Waals surface area (Å²) in [5.41, 5.74) is -1.56. The van der Waals surface area contributed by atoms with Gasteiger partial charge in [0.15, 0.2) is 22.0 Å². The number of thiazole rings is 1. The second kappa shape index (κ2) is 10.1. The van der Waals surface area contributed by atoms with Crippen LogP contribution in [-0.2, 0) is 11.2 Å². The first kappa shape index (κ1) is 27.4. The molecule has 0 amide bonds. The molecule has 2 heterocycles. The van der Waals surface area contributed by atoms with Crippen molar-refractivity contribution < 1.29 is 34.0 Å². The van der Waals surface area contributed by atoms with Crippen LogP contribution < -0.4 is 18.9 Å². The molecule has 1 aromatic heterocycles. The van der Waals surface area contributed by atoms with Crippen LogP contribution in [-0.4, -0.2) is 48.4 Å². The molecular weight excluding hydrogens is 566 g/mol. The second-order valence-electron chi connectivity index (χ2n) is 10.7. The molecular formula is C34H29NO7S. The lowest BCUT2D eigenvalue weighted by atomic mass is 9.70. The Morgan fingerprint density at radius 1 is 0.884 bits per heavy atom. The lowest BCUT2D eigenvalue weighted by Gasteiger charge is -2.40. The summed E-state index contributed by atoms with van der Waals surface area (Å²) in [7, 11) is 4.58. The number of hydrogen-bond acceptors (Lipinski definition) is 9. The third kappa shape index (κ3) is 3.75. The first-order chi connectivity index (χ1) is 20.9. The highest BCUT2D eigenvalue weighted by molar-refractivity contribution is 7.20. The van der Waals surface area contributed by atoms with E-state index in [9.17, 15) is 15.0 Å². The maximum atomic E-state index is 14.6. The van der Waals surface area contributed by atoms with Gasteiger partial charge >= 0.3 is 0 Å². The van der Waals surface area contributed by atoms with E-state index < -0.39 is 29.1 Å². The second-order valence-corrected chi connectivity index (χ2v) is 11.8. The molecule has 5 aromatic rings. The Morgan fingerprint density at radius 3 is 2.26 bits per heavy atom. The van der Waals surface area contributed by atoms with Crippen molar-refractivity contribution in [2.75, 3.05) is 21.3 Å². The van der Waals surface area contributed by atoms with E-state index in [2.05, 4.69) is 4.98 Å². The van der Waals surface area contributed by atoms with Crippen molar-refractivity contribution in [3.05, 3.63) is 113 Å². The Hall–Kier alpha value is -4.44. The number of nitrogens with zero attached hydrogens (tertiary/aromatic N) is 1. The molecule has 0 bridgehead atoms. The number of ketones is 1. The summed E-state index contributed by atoms with van der Waals surface area (Å²) in [5, 5.41) is 25.7. The SMILES string of the molecule is COc1ccc([C@@]23Oc4cc(OC)cc(OC)c4[C@]2(O)[C@H](O)[C@H](C(=O)c2nc4ccccc4s2)[C@H]3c2ccccc2)cc1. The Morgan fingerprint density at radius 2 is 1.58 bits per heavy atom. The number of fused-ring (bicyclic) bond motifs is 4. The van der Waals surface area contributed by atoms with E-state index in [1.807, 2.05) is 54.6 Å². The zero-order valence-corrected chi connectivity index (χ0v) is 24.5. The quantitative estimate of drug-likeness (QED) is 0.239. The third-order valence-corrected chi connectivity index (χ3v) is 9.81. The van der Waals surface area contributed by atoms with E-state index in [1.165, 1.54) is 25.6 Å². The number of rotatable bonds is 7. The molecule has 1 aliphatic carbocycles. The third-order valence-electron chi connectivity index (χ3n) is 8.76. The number of methoxy groups -OCH3 is 3. The van der Waals surface area contributed by atoms with Crippen LogP contribution in [0.2, 0.25) is 0 Å².